The monoisotopic (exact) mass is 300 g/mol. The van der Waals surface area contributed by atoms with E-state index in [1.807, 2.05) is 0 Å². The zero-order chi connectivity index (χ0) is 16.3. The van der Waals surface area contributed by atoms with Gasteiger partial charge < -0.3 is 11.1 Å². The summed E-state index contributed by atoms with van der Waals surface area (Å²) in [6.45, 7) is 10.1. The van der Waals surface area contributed by atoms with Gasteiger partial charge in [-0.25, -0.2) is 0 Å². The maximum absolute atomic E-state index is 12.8. The number of halogens is 3. The van der Waals surface area contributed by atoms with Gasteiger partial charge in [0.2, 0.25) is 0 Å². The molecular weight excluding hydrogens is 277 g/mol. The van der Waals surface area contributed by atoms with Crippen LogP contribution in [0.1, 0.15) is 43.9 Å². The lowest BCUT2D eigenvalue weighted by Gasteiger charge is -2.20. The second kappa shape index (κ2) is 6.41. The standard InChI is InChI=1S/C16H23F3N2/c1-11(20)21-10-13-5-6-14(16(17,18)19)9-12(13)7-8-15(2,3)4/h5-6,9,21H,1,7-8,10,20H2,2-4H3. The van der Waals surface area contributed by atoms with Crippen molar-refractivity contribution in [3.05, 3.63) is 47.3 Å². The fourth-order valence-electron chi connectivity index (χ4n) is 1.93. The molecule has 0 aromatic heterocycles. The van der Waals surface area contributed by atoms with E-state index < -0.39 is 11.7 Å². The van der Waals surface area contributed by atoms with E-state index in [4.69, 9.17) is 5.73 Å². The number of hydrogen-bond acceptors (Lipinski definition) is 2. The molecule has 0 fully saturated rings. The van der Waals surface area contributed by atoms with E-state index in [0.717, 1.165) is 18.1 Å². The molecule has 0 amide bonds. The highest BCUT2D eigenvalue weighted by atomic mass is 19.4. The van der Waals surface area contributed by atoms with Gasteiger partial charge in [-0.2, -0.15) is 13.2 Å². The lowest BCUT2D eigenvalue weighted by Crippen LogP contribution is -2.19. The first-order valence-electron chi connectivity index (χ1n) is 6.86. The van der Waals surface area contributed by atoms with Gasteiger partial charge >= 0.3 is 6.18 Å². The van der Waals surface area contributed by atoms with Gasteiger partial charge in [0.05, 0.1) is 11.4 Å². The van der Waals surface area contributed by atoms with Gasteiger partial charge in [0, 0.05) is 6.54 Å². The molecule has 5 heteroatoms. The highest BCUT2D eigenvalue weighted by Gasteiger charge is 2.31. The molecule has 0 bridgehead atoms. The quantitative estimate of drug-likeness (QED) is 0.855. The Kier molecular flexibility index (Phi) is 5.31. The Labute approximate surface area is 124 Å². The molecular formula is C16H23F3N2. The number of alkyl halides is 3. The predicted octanol–water partition coefficient (Wildman–Crippen LogP) is 4.20. The minimum atomic E-state index is -4.32. The average molecular weight is 300 g/mol. The van der Waals surface area contributed by atoms with Gasteiger partial charge in [0.25, 0.3) is 0 Å². The topological polar surface area (TPSA) is 38.0 Å². The number of rotatable bonds is 5. The summed E-state index contributed by atoms with van der Waals surface area (Å²) < 4.78 is 38.5. The lowest BCUT2D eigenvalue weighted by molar-refractivity contribution is -0.137. The average Bonchev–Trinajstić information content (AvgIpc) is 2.32. The van der Waals surface area contributed by atoms with E-state index in [2.05, 4.69) is 32.7 Å². The van der Waals surface area contributed by atoms with E-state index in [1.54, 1.807) is 0 Å². The van der Waals surface area contributed by atoms with Crippen LogP contribution in [0.2, 0.25) is 0 Å². The van der Waals surface area contributed by atoms with Crippen LogP contribution in [0, 0.1) is 5.41 Å². The molecule has 0 saturated carbocycles. The van der Waals surface area contributed by atoms with Gasteiger partial charge in [-0.05, 0) is 41.5 Å². The molecule has 3 N–H and O–H groups in total. The molecule has 0 radical (unpaired) electrons. The van der Waals surface area contributed by atoms with Crippen LogP contribution in [-0.4, -0.2) is 0 Å². The Morgan fingerprint density at radius 2 is 1.81 bits per heavy atom. The fourth-order valence-corrected chi connectivity index (χ4v) is 1.93. The number of nitrogens with two attached hydrogens (primary N) is 1. The summed E-state index contributed by atoms with van der Waals surface area (Å²) in [4.78, 5) is 0. The lowest BCUT2D eigenvalue weighted by atomic mass is 9.87. The van der Waals surface area contributed by atoms with Crippen LogP contribution in [0.25, 0.3) is 0 Å². The first kappa shape index (κ1) is 17.4. The van der Waals surface area contributed by atoms with E-state index in [1.165, 1.54) is 12.1 Å². The first-order chi connectivity index (χ1) is 9.49. The van der Waals surface area contributed by atoms with Crippen molar-refractivity contribution >= 4 is 0 Å². The van der Waals surface area contributed by atoms with Crippen molar-refractivity contribution in [3.63, 3.8) is 0 Å². The largest absolute Gasteiger partial charge is 0.416 e. The van der Waals surface area contributed by atoms with Crippen LogP contribution < -0.4 is 11.1 Å². The van der Waals surface area contributed by atoms with Crippen molar-refractivity contribution in [3.8, 4) is 0 Å². The van der Waals surface area contributed by atoms with Gasteiger partial charge in [0.15, 0.2) is 0 Å². The minimum Gasteiger partial charge on any atom is -0.386 e. The van der Waals surface area contributed by atoms with Crippen molar-refractivity contribution in [2.24, 2.45) is 11.1 Å². The van der Waals surface area contributed by atoms with E-state index >= 15 is 0 Å². The maximum atomic E-state index is 12.8. The summed E-state index contributed by atoms with van der Waals surface area (Å²) in [5, 5.41) is 2.86. The molecule has 0 spiro atoms. The van der Waals surface area contributed by atoms with Gasteiger partial charge in [-0.1, -0.05) is 33.4 Å². The van der Waals surface area contributed by atoms with Crippen LogP contribution in [-0.2, 0) is 19.1 Å². The molecule has 1 rings (SSSR count). The number of benzene rings is 1. The normalized spacial score (nSPS) is 12.3. The summed E-state index contributed by atoms with van der Waals surface area (Å²) in [5.74, 6) is 0.302. The maximum Gasteiger partial charge on any atom is 0.416 e. The minimum absolute atomic E-state index is 0.0659. The van der Waals surface area contributed by atoms with Crippen molar-refractivity contribution in [2.75, 3.05) is 0 Å². The summed E-state index contributed by atoms with van der Waals surface area (Å²) in [6, 6.07) is 3.86. The molecule has 0 aliphatic carbocycles. The molecule has 0 heterocycles. The van der Waals surface area contributed by atoms with Gasteiger partial charge in [-0.3, -0.25) is 0 Å². The van der Waals surface area contributed by atoms with Crippen molar-refractivity contribution in [1.82, 2.24) is 5.32 Å². The van der Waals surface area contributed by atoms with Crippen molar-refractivity contribution < 1.29 is 13.2 Å². The summed E-state index contributed by atoms with van der Waals surface area (Å²) in [7, 11) is 0. The summed E-state index contributed by atoms with van der Waals surface area (Å²) >= 11 is 0. The van der Waals surface area contributed by atoms with E-state index in [-0.39, 0.29) is 5.41 Å². The Bertz CT molecular complexity index is 499. The van der Waals surface area contributed by atoms with E-state index in [0.29, 0.717) is 24.4 Å². The van der Waals surface area contributed by atoms with Crippen LogP contribution in [0.5, 0.6) is 0 Å². The first-order valence-corrected chi connectivity index (χ1v) is 6.86. The fraction of sp³-hybridized carbons (Fsp3) is 0.500. The van der Waals surface area contributed by atoms with Crippen molar-refractivity contribution in [2.45, 2.75) is 46.3 Å². The third-order valence-corrected chi connectivity index (χ3v) is 3.18. The zero-order valence-electron chi connectivity index (χ0n) is 12.8. The Balaban J connectivity index is 3.03. The highest BCUT2D eigenvalue weighted by Crippen LogP contribution is 2.32. The number of hydrogen-bond donors (Lipinski definition) is 2. The third-order valence-electron chi connectivity index (χ3n) is 3.18. The highest BCUT2D eigenvalue weighted by molar-refractivity contribution is 5.34. The second-order valence-electron chi connectivity index (χ2n) is 6.42. The molecule has 0 aliphatic rings. The van der Waals surface area contributed by atoms with E-state index in [9.17, 15) is 13.2 Å². The SMILES string of the molecule is C=C(N)NCc1ccc(C(F)(F)F)cc1CCC(C)(C)C. The summed E-state index contributed by atoms with van der Waals surface area (Å²) in [6.07, 6.45) is -2.91. The molecule has 0 aliphatic heterocycles. The molecule has 1 aromatic carbocycles. The Morgan fingerprint density at radius 1 is 1.19 bits per heavy atom. The molecule has 1 aromatic rings. The molecule has 0 saturated heterocycles. The summed E-state index contributed by atoms with van der Waals surface area (Å²) in [5.41, 5.74) is 6.42. The Hall–Kier alpha value is -1.65. The molecule has 21 heavy (non-hydrogen) atoms. The van der Waals surface area contributed by atoms with Crippen LogP contribution in [0.3, 0.4) is 0 Å². The predicted molar refractivity (Wildman–Crippen MR) is 79.4 cm³/mol. The molecule has 2 nitrogen and oxygen atoms in total. The van der Waals surface area contributed by atoms with Crippen LogP contribution in [0.4, 0.5) is 13.2 Å². The Morgan fingerprint density at radius 3 is 2.29 bits per heavy atom. The zero-order valence-corrected chi connectivity index (χ0v) is 12.8. The number of aryl methyl sites for hydroxylation is 1. The second-order valence-corrected chi connectivity index (χ2v) is 6.42. The number of nitrogens with one attached hydrogen (secondary N) is 1. The molecule has 0 atom stereocenters. The van der Waals surface area contributed by atoms with Crippen LogP contribution >= 0.6 is 0 Å². The van der Waals surface area contributed by atoms with Gasteiger partial charge in [0.1, 0.15) is 0 Å². The van der Waals surface area contributed by atoms with Crippen LogP contribution in [0.15, 0.2) is 30.6 Å². The third kappa shape index (κ3) is 6.10. The van der Waals surface area contributed by atoms with Crippen molar-refractivity contribution in [1.29, 1.82) is 0 Å². The molecule has 0 unspecified atom stereocenters. The van der Waals surface area contributed by atoms with Gasteiger partial charge in [-0.15, -0.1) is 0 Å². The smallest absolute Gasteiger partial charge is 0.386 e. The molecule has 118 valence electrons.